The number of hydrogen-bond acceptors (Lipinski definition) is 11. The monoisotopic (exact) mass is 649 g/mol. The molecule has 0 saturated heterocycles. The van der Waals surface area contributed by atoms with Gasteiger partial charge in [0.15, 0.2) is 22.5 Å². The van der Waals surface area contributed by atoms with Crippen LogP contribution in [0.4, 0.5) is 5.69 Å². The van der Waals surface area contributed by atoms with E-state index >= 15 is 0 Å². The van der Waals surface area contributed by atoms with Crippen LogP contribution in [0.15, 0.2) is 65.8 Å². The fraction of sp³-hybridized carbons (Fsp3) is 0.281. The quantitative estimate of drug-likeness (QED) is 0.138. The van der Waals surface area contributed by atoms with Crippen molar-refractivity contribution in [2.75, 3.05) is 45.6 Å². The lowest BCUT2D eigenvalue weighted by atomic mass is 10.1. The molecule has 3 aromatic carbocycles. The van der Waals surface area contributed by atoms with Gasteiger partial charge in [-0.15, -0.1) is 10.2 Å². The summed E-state index contributed by atoms with van der Waals surface area (Å²) in [4.78, 5) is 37.9. The van der Waals surface area contributed by atoms with Gasteiger partial charge in [0, 0.05) is 16.9 Å². The molecule has 4 rings (SSSR count). The molecule has 242 valence electrons. The topological polar surface area (TPSA) is 152 Å². The molecule has 0 unspecified atom stereocenters. The zero-order valence-electron chi connectivity index (χ0n) is 26.1. The Kier molecular flexibility index (Phi) is 11.8. The first kappa shape index (κ1) is 33.6. The average Bonchev–Trinajstić information content (AvgIpc) is 3.49. The molecule has 4 aromatic rings. The van der Waals surface area contributed by atoms with E-state index < -0.39 is 11.9 Å². The number of carbonyl (C=O) groups is 3. The Labute approximate surface area is 270 Å². The summed E-state index contributed by atoms with van der Waals surface area (Å²) in [5.74, 6) is 1.09. The van der Waals surface area contributed by atoms with Crippen molar-refractivity contribution in [2.24, 2.45) is 0 Å². The maximum absolute atomic E-state index is 13.2. The van der Waals surface area contributed by atoms with E-state index in [1.807, 2.05) is 31.2 Å². The first-order valence-corrected chi connectivity index (χ1v) is 15.3. The van der Waals surface area contributed by atoms with E-state index in [4.69, 9.17) is 23.7 Å². The van der Waals surface area contributed by atoms with Crippen molar-refractivity contribution in [2.45, 2.75) is 25.5 Å². The molecule has 0 bridgehead atoms. The summed E-state index contributed by atoms with van der Waals surface area (Å²) < 4.78 is 28.4. The van der Waals surface area contributed by atoms with Crippen LogP contribution < -0.4 is 29.6 Å². The van der Waals surface area contributed by atoms with Crippen molar-refractivity contribution in [3.63, 3.8) is 0 Å². The number of benzene rings is 3. The van der Waals surface area contributed by atoms with Gasteiger partial charge in [0.05, 0.1) is 52.4 Å². The maximum atomic E-state index is 13.2. The molecule has 0 aliphatic rings. The summed E-state index contributed by atoms with van der Waals surface area (Å²) in [5, 5.41) is 14.7. The van der Waals surface area contributed by atoms with Gasteiger partial charge in [0.2, 0.25) is 11.7 Å². The molecule has 14 heteroatoms. The predicted octanol–water partition coefficient (Wildman–Crippen LogP) is 4.53. The lowest BCUT2D eigenvalue weighted by Gasteiger charge is -2.14. The molecule has 2 amide bonds. The standard InChI is InChI=1S/C32H35N5O8S/c1-6-44-24-14-12-23(13-15-24)37-27(18-33-30(39)21-16-25(41-3)29(43-5)26(17-21)42-4)35-36-32(37)46-19-28(38)34-22-10-8-20(9-11-22)31(40)45-7-2/h8-17H,6-7,18-19H2,1-5H3,(H,33,39)(H,34,38). The summed E-state index contributed by atoms with van der Waals surface area (Å²) in [5.41, 5.74) is 1.93. The van der Waals surface area contributed by atoms with Crippen LogP contribution in [0.25, 0.3) is 5.69 Å². The molecule has 0 fully saturated rings. The van der Waals surface area contributed by atoms with Gasteiger partial charge in [-0.3, -0.25) is 14.2 Å². The Morgan fingerprint density at radius 3 is 2.09 bits per heavy atom. The van der Waals surface area contributed by atoms with Gasteiger partial charge in [-0.1, -0.05) is 11.8 Å². The molecule has 2 N–H and O–H groups in total. The normalized spacial score (nSPS) is 10.5. The number of nitrogens with one attached hydrogen (secondary N) is 2. The number of carbonyl (C=O) groups excluding carboxylic acids is 3. The summed E-state index contributed by atoms with van der Waals surface area (Å²) in [6.45, 7) is 4.45. The Morgan fingerprint density at radius 1 is 0.826 bits per heavy atom. The zero-order chi connectivity index (χ0) is 33.1. The Balaban J connectivity index is 1.51. The van der Waals surface area contributed by atoms with E-state index in [0.29, 0.717) is 63.1 Å². The molecule has 0 radical (unpaired) electrons. The number of methoxy groups -OCH3 is 3. The fourth-order valence-corrected chi connectivity index (χ4v) is 5.10. The van der Waals surface area contributed by atoms with E-state index in [-0.39, 0.29) is 24.8 Å². The first-order valence-electron chi connectivity index (χ1n) is 14.3. The molecule has 1 aromatic heterocycles. The molecule has 0 atom stereocenters. The molecular weight excluding hydrogens is 614 g/mol. The lowest BCUT2D eigenvalue weighted by Crippen LogP contribution is -2.25. The molecule has 13 nitrogen and oxygen atoms in total. The van der Waals surface area contributed by atoms with Crippen LogP contribution >= 0.6 is 11.8 Å². The number of aromatic nitrogens is 3. The van der Waals surface area contributed by atoms with Gasteiger partial charge in [0.25, 0.3) is 5.91 Å². The summed E-state index contributed by atoms with van der Waals surface area (Å²) >= 11 is 1.18. The van der Waals surface area contributed by atoms with Crippen LogP contribution in [-0.4, -0.2) is 72.8 Å². The van der Waals surface area contributed by atoms with Crippen molar-refractivity contribution >= 4 is 35.2 Å². The van der Waals surface area contributed by atoms with Gasteiger partial charge >= 0.3 is 5.97 Å². The van der Waals surface area contributed by atoms with Gasteiger partial charge in [-0.05, 0) is 74.5 Å². The Hall–Kier alpha value is -5.24. The number of esters is 1. The Morgan fingerprint density at radius 2 is 1.50 bits per heavy atom. The van der Waals surface area contributed by atoms with Crippen molar-refractivity contribution in [1.29, 1.82) is 0 Å². The number of ether oxygens (including phenoxy) is 5. The number of thioether (sulfide) groups is 1. The van der Waals surface area contributed by atoms with E-state index in [9.17, 15) is 14.4 Å². The van der Waals surface area contributed by atoms with E-state index in [1.54, 1.807) is 47.9 Å². The minimum Gasteiger partial charge on any atom is -0.494 e. The molecule has 0 aliphatic carbocycles. The molecule has 0 spiro atoms. The van der Waals surface area contributed by atoms with Crippen LogP contribution in [0.3, 0.4) is 0 Å². The molecule has 1 heterocycles. The smallest absolute Gasteiger partial charge is 0.338 e. The van der Waals surface area contributed by atoms with Gasteiger partial charge in [-0.25, -0.2) is 4.79 Å². The highest BCUT2D eigenvalue weighted by molar-refractivity contribution is 7.99. The summed E-state index contributed by atoms with van der Waals surface area (Å²) in [6.07, 6.45) is 0. The van der Waals surface area contributed by atoms with Gasteiger partial charge in [0.1, 0.15) is 5.75 Å². The minimum absolute atomic E-state index is 0.0204. The van der Waals surface area contributed by atoms with E-state index in [0.717, 1.165) is 0 Å². The van der Waals surface area contributed by atoms with Crippen LogP contribution in [0, 0.1) is 0 Å². The highest BCUT2D eigenvalue weighted by Crippen LogP contribution is 2.38. The van der Waals surface area contributed by atoms with Crippen LogP contribution in [-0.2, 0) is 16.1 Å². The maximum Gasteiger partial charge on any atom is 0.338 e. The molecular formula is C32H35N5O8S. The van der Waals surface area contributed by atoms with Crippen molar-refractivity contribution in [3.8, 4) is 28.7 Å². The van der Waals surface area contributed by atoms with E-state index in [1.165, 1.54) is 33.1 Å². The highest BCUT2D eigenvalue weighted by atomic mass is 32.2. The van der Waals surface area contributed by atoms with Crippen molar-refractivity contribution < 1.29 is 38.1 Å². The second kappa shape index (κ2) is 16.2. The lowest BCUT2D eigenvalue weighted by molar-refractivity contribution is -0.113. The molecule has 0 aliphatic heterocycles. The number of hydrogen-bond donors (Lipinski definition) is 2. The minimum atomic E-state index is -0.431. The van der Waals surface area contributed by atoms with Gasteiger partial charge in [-0.2, -0.15) is 0 Å². The number of nitrogens with zero attached hydrogens (tertiary/aromatic N) is 3. The van der Waals surface area contributed by atoms with Crippen LogP contribution in [0.1, 0.15) is 40.4 Å². The SMILES string of the molecule is CCOC(=O)c1ccc(NC(=O)CSc2nnc(CNC(=O)c3cc(OC)c(OC)c(OC)c3)n2-c2ccc(OCC)cc2)cc1. The van der Waals surface area contributed by atoms with Crippen molar-refractivity contribution in [3.05, 3.63) is 77.6 Å². The second-order valence-corrected chi connectivity index (χ2v) is 10.3. The van der Waals surface area contributed by atoms with Crippen molar-refractivity contribution in [1.82, 2.24) is 20.1 Å². The highest BCUT2D eigenvalue weighted by Gasteiger charge is 2.20. The van der Waals surface area contributed by atoms with E-state index in [2.05, 4.69) is 20.8 Å². The third kappa shape index (κ3) is 8.27. The average molecular weight is 650 g/mol. The third-order valence-electron chi connectivity index (χ3n) is 6.45. The summed E-state index contributed by atoms with van der Waals surface area (Å²) in [7, 11) is 4.43. The number of anilines is 1. The predicted molar refractivity (Wildman–Crippen MR) is 172 cm³/mol. The summed E-state index contributed by atoms with van der Waals surface area (Å²) in [6, 6.07) is 16.9. The molecule has 0 saturated carbocycles. The second-order valence-electron chi connectivity index (χ2n) is 9.39. The number of rotatable bonds is 15. The Bertz CT molecular complexity index is 1630. The van der Waals surface area contributed by atoms with Crippen LogP contribution in [0.2, 0.25) is 0 Å². The first-order chi connectivity index (χ1) is 22.3. The largest absolute Gasteiger partial charge is 0.494 e. The zero-order valence-corrected chi connectivity index (χ0v) is 26.9. The molecule has 46 heavy (non-hydrogen) atoms. The third-order valence-corrected chi connectivity index (χ3v) is 7.38. The fourth-order valence-electron chi connectivity index (χ4n) is 4.33. The number of amides is 2. The van der Waals surface area contributed by atoms with Crippen LogP contribution in [0.5, 0.6) is 23.0 Å². The van der Waals surface area contributed by atoms with Gasteiger partial charge < -0.3 is 34.3 Å².